The average Bonchev–Trinajstić information content (AvgIpc) is 2.29. The maximum Gasteiger partial charge on any atom is 0.362 e. The molecule has 0 amide bonds. The zero-order valence-electron chi connectivity index (χ0n) is 7.91. The van der Waals surface area contributed by atoms with Gasteiger partial charge in [0.1, 0.15) is 0 Å². The number of Topliss-reactive ketones (excluding diaryl/α,β-unsaturated/α-hetero) is 1. The Morgan fingerprint density at radius 2 is 2.00 bits per heavy atom. The molecule has 0 spiro atoms. The van der Waals surface area contributed by atoms with E-state index in [0.29, 0.717) is 5.56 Å². The zero-order valence-corrected chi connectivity index (χ0v) is 8.73. The fraction of sp³-hybridized carbons (Fsp3) is 0.0909. The van der Waals surface area contributed by atoms with Crippen molar-refractivity contribution in [3.63, 3.8) is 0 Å². The predicted octanol–water partition coefficient (Wildman–Crippen LogP) is 1.44. The molecule has 0 saturated carbocycles. The second-order valence-electron chi connectivity index (χ2n) is 3.10. The first kappa shape index (κ1) is 13.2. The van der Waals surface area contributed by atoms with Crippen LogP contribution in [0.15, 0.2) is 29.2 Å². The molecule has 1 atom stereocenters. The van der Waals surface area contributed by atoms with Crippen LogP contribution in [-0.2, 0) is 11.1 Å². The van der Waals surface area contributed by atoms with Crippen molar-refractivity contribution in [2.24, 2.45) is 0 Å². The van der Waals surface area contributed by atoms with Gasteiger partial charge in [0.15, 0.2) is 0 Å². The largest absolute Gasteiger partial charge is 0.768 e. The van der Waals surface area contributed by atoms with Crippen molar-refractivity contribution in [1.29, 1.82) is 0 Å². The number of fused-ring (bicyclic) bond motifs is 1. The highest BCUT2D eigenvalue weighted by atomic mass is 32.2. The van der Waals surface area contributed by atoms with Gasteiger partial charge in [0, 0.05) is 22.1 Å². The van der Waals surface area contributed by atoms with Gasteiger partial charge in [-0.05, 0) is 23.2 Å². The van der Waals surface area contributed by atoms with Crippen LogP contribution in [0.2, 0.25) is 0 Å². The van der Waals surface area contributed by atoms with Gasteiger partial charge >= 0.3 is 5.71 Å². The number of carbonyl (C=O) groups is 1. The number of ketones is 1. The summed E-state index contributed by atoms with van der Waals surface area (Å²) >= 11 is -2.40. The van der Waals surface area contributed by atoms with Crippen molar-refractivity contribution >= 4 is 28.7 Å². The molecule has 0 aliphatic heterocycles. The Labute approximate surface area is 101 Å². The molecule has 0 N–H and O–H groups in total. The smallest absolute Gasteiger partial charge is 0.362 e. The molecule has 5 nitrogen and oxygen atoms in total. The van der Waals surface area contributed by atoms with Crippen LogP contribution in [0.4, 0.5) is 0 Å². The summed E-state index contributed by atoms with van der Waals surface area (Å²) in [6.07, 6.45) is 2.72. The van der Waals surface area contributed by atoms with Gasteiger partial charge < -0.3 is 10.1 Å². The van der Waals surface area contributed by atoms with Gasteiger partial charge in [0.2, 0.25) is 0 Å². The van der Waals surface area contributed by atoms with Crippen LogP contribution < -0.4 is 0 Å². The summed E-state index contributed by atoms with van der Waals surface area (Å²) in [4.78, 5) is 14.6. The molecule has 0 radical (unpaired) electrons. The first-order chi connectivity index (χ1) is 7.65. The van der Waals surface area contributed by atoms with Gasteiger partial charge in [-0.15, -0.1) is 0 Å². The first-order valence-corrected chi connectivity index (χ1v) is 5.39. The Balaban J connectivity index is 0.00000144. The molecule has 0 bridgehead atoms. The van der Waals surface area contributed by atoms with Crippen LogP contribution in [0.3, 0.4) is 0 Å². The van der Waals surface area contributed by atoms with Crippen molar-refractivity contribution in [3.8, 4) is 0 Å². The summed E-state index contributed by atoms with van der Waals surface area (Å²) in [5.74, 6) is -0.493. The molecule has 2 rings (SSSR count). The summed E-state index contributed by atoms with van der Waals surface area (Å²) in [6, 6.07) is 4.36. The standard InChI is InChI=1S/C10H6N2O3S.CH4/c11-12-8-5-4-6-7(10(8)13)2-1-3-9(6)16(14)15;/h1-5H,(H,14,15);1H4/p-1. The molecule has 0 heterocycles. The first-order valence-electron chi connectivity index (χ1n) is 4.32. The van der Waals surface area contributed by atoms with Crippen LogP contribution in [0.1, 0.15) is 23.3 Å². The quantitative estimate of drug-likeness (QED) is 0.428. The van der Waals surface area contributed by atoms with E-state index in [1.807, 2.05) is 0 Å². The van der Waals surface area contributed by atoms with Gasteiger partial charge in [-0.2, -0.15) is 4.79 Å². The molecule has 6 heteroatoms. The Morgan fingerprint density at radius 1 is 1.29 bits per heavy atom. The SMILES string of the molecule is C.[N-]=[N+]=C1C=Cc2c(cccc2S(=O)[O-])C1=O. The number of benzene rings is 1. The van der Waals surface area contributed by atoms with E-state index < -0.39 is 16.9 Å². The van der Waals surface area contributed by atoms with Gasteiger partial charge in [-0.25, -0.2) is 0 Å². The van der Waals surface area contributed by atoms with E-state index in [-0.39, 0.29) is 23.6 Å². The lowest BCUT2D eigenvalue weighted by Gasteiger charge is -2.13. The maximum atomic E-state index is 11.7. The molecule has 0 saturated heterocycles. The molecule has 1 aromatic rings. The molecule has 17 heavy (non-hydrogen) atoms. The topological polar surface area (TPSA) is 93.6 Å². The summed E-state index contributed by atoms with van der Waals surface area (Å²) in [5.41, 5.74) is 9.00. The lowest BCUT2D eigenvalue weighted by Crippen LogP contribution is -2.18. The molecule has 1 aliphatic carbocycles. The summed E-state index contributed by atoms with van der Waals surface area (Å²) < 4.78 is 21.8. The molecule has 1 aliphatic rings. The van der Waals surface area contributed by atoms with Crippen molar-refractivity contribution < 1.29 is 18.3 Å². The molecule has 88 valence electrons. The average molecular weight is 249 g/mol. The Hall–Kier alpha value is -1.88. The van der Waals surface area contributed by atoms with E-state index in [1.54, 1.807) is 0 Å². The van der Waals surface area contributed by atoms with Gasteiger partial charge in [0.25, 0.3) is 5.78 Å². The van der Waals surface area contributed by atoms with Crippen LogP contribution in [-0.4, -0.2) is 25.0 Å². The number of rotatable bonds is 1. The molecule has 0 aromatic heterocycles. The highest BCUT2D eigenvalue weighted by Crippen LogP contribution is 2.23. The second kappa shape index (κ2) is 4.97. The minimum absolute atomic E-state index is 0. The van der Waals surface area contributed by atoms with Crippen LogP contribution in [0.25, 0.3) is 11.6 Å². The van der Waals surface area contributed by atoms with E-state index in [9.17, 15) is 13.6 Å². The third-order valence-corrected chi connectivity index (χ3v) is 2.95. The third kappa shape index (κ3) is 2.14. The number of carbonyl (C=O) groups excluding carboxylic acids is 1. The van der Waals surface area contributed by atoms with Crippen LogP contribution in [0.5, 0.6) is 0 Å². The lowest BCUT2D eigenvalue weighted by molar-refractivity contribution is -0.00436. The molecule has 1 aromatic carbocycles. The van der Waals surface area contributed by atoms with Crippen LogP contribution >= 0.6 is 0 Å². The number of allylic oxidation sites excluding steroid dienone is 1. The van der Waals surface area contributed by atoms with Crippen LogP contribution in [0, 0.1) is 0 Å². The number of nitrogens with zero attached hydrogens (tertiary/aromatic N) is 2. The van der Waals surface area contributed by atoms with E-state index in [0.717, 1.165) is 0 Å². The van der Waals surface area contributed by atoms with Gasteiger partial charge in [-0.1, -0.05) is 19.6 Å². The van der Waals surface area contributed by atoms with Crippen molar-refractivity contribution in [1.82, 2.24) is 0 Å². The molecule has 0 fully saturated rings. The number of hydrogen-bond acceptors (Lipinski definition) is 3. The predicted molar refractivity (Wildman–Crippen MR) is 62.3 cm³/mol. The highest BCUT2D eigenvalue weighted by molar-refractivity contribution is 7.79. The van der Waals surface area contributed by atoms with Gasteiger partial charge in [-0.3, -0.25) is 9.00 Å². The van der Waals surface area contributed by atoms with Crippen molar-refractivity contribution in [3.05, 3.63) is 40.9 Å². The fourth-order valence-electron chi connectivity index (χ4n) is 1.51. The minimum Gasteiger partial charge on any atom is -0.768 e. The molecule has 1 unspecified atom stereocenters. The van der Waals surface area contributed by atoms with E-state index in [1.165, 1.54) is 30.4 Å². The van der Waals surface area contributed by atoms with E-state index in [4.69, 9.17) is 5.53 Å². The highest BCUT2D eigenvalue weighted by Gasteiger charge is 2.26. The summed E-state index contributed by atoms with van der Waals surface area (Å²) in [6.45, 7) is 0. The van der Waals surface area contributed by atoms with E-state index >= 15 is 0 Å². The Bertz CT molecular complexity index is 586. The summed E-state index contributed by atoms with van der Waals surface area (Å²) in [7, 11) is 0. The normalized spacial score (nSPS) is 14.6. The Morgan fingerprint density at radius 3 is 2.59 bits per heavy atom. The zero-order chi connectivity index (χ0) is 11.7. The second-order valence-corrected chi connectivity index (χ2v) is 4.01. The monoisotopic (exact) mass is 249 g/mol. The summed E-state index contributed by atoms with van der Waals surface area (Å²) in [5, 5.41) is 0. The third-order valence-electron chi connectivity index (χ3n) is 2.24. The minimum atomic E-state index is -2.40. The van der Waals surface area contributed by atoms with Gasteiger partial charge in [0.05, 0.1) is 0 Å². The van der Waals surface area contributed by atoms with Crippen molar-refractivity contribution in [2.45, 2.75) is 12.3 Å². The Kier molecular flexibility index (Phi) is 3.85. The maximum absolute atomic E-state index is 11.7. The lowest BCUT2D eigenvalue weighted by atomic mass is 9.95. The van der Waals surface area contributed by atoms with E-state index in [2.05, 4.69) is 4.79 Å². The molecular weight excluding hydrogens is 240 g/mol. The number of hydrogen-bond donors (Lipinski definition) is 0. The fourth-order valence-corrected chi connectivity index (χ4v) is 2.06. The van der Waals surface area contributed by atoms with Crippen molar-refractivity contribution in [2.75, 3.05) is 0 Å². The molecular formula is C11H9N2O3S-.